The van der Waals surface area contributed by atoms with Gasteiger partial charge in [-0.1, -0.05) is 155 Å². The van der Waals surface area contributed by atoms with Crippen LogP contribution in [-0.2, 0) is 14.3 Å². The summed E-state index contributed by atoms with van der Waals surface area (Å²) >= 11 is 0. The third kappa shape index (κ3) is 25.3. The number of amides is 1. The van der Waals surface area contributed by atoms with Crippen LogP contribution in [0.25, 0.3) is 0 Å². The summed E-state index contributed by atoms with van der Waals surface area (Å²) in [6, 6.07) is 0. The van der Waals surface area contributed by atoms with Crippen molar-refractivity contribution in [2.75, 3.05) is 33.5 Å². The molecule has 0 bridgehead atoms. The first-order valence-electron chi connectivity index (χ1n) is 20.1. The molecule has 6 nitrogen and oxygen atoms in total. The number of rotatable bonds is 38. The lowest BCUT2D eigenvalue weighted by molar-refractivity contribution is -0.135. The molecule has 0 aliphatic carbocycles. The minimum absolute atomic E-state index is 0.0669. The average molecular weight is 656 g/mol. The number of aliphatic hydroxyl groups excluding tert-OH is 2. The number of hydrogen-bond acceptors (Lipinski definition) is 5. The molecule has 276 valence electrons. The number of ether oxygens (including phenoxy) is 2. The van der Waals surface area contributed by atoms with Crippen molar-refractivity contribution >= 4 is 5.91 Å². The Morgan fingerprint density at radius 1 is 0.609 bits per heavy atom. The van der Waals surface area contributed by atoms with Gasteiger partial charge in [-0.25, -0.2) is 0 Å². The number of nitrogens with two attached hydrogens (primary N) is 1. The Hall–Kier alpha value is -0.690. The van der Waals surface area contributed by atoms with E-state index >= 15 is 0 Å². The molecule has 0 saturated carbocycles. The first-order chi connectivity index (χ1) is 22.5. The normalized spacial score (nSPS) is 14.4. The number of unbranched alkanes of at least 4 members (excludes halogenated alkanes) is 21. The summed E-state index contributed by atoms with van der Waals surface area (Å²) in [6.45, 7) is 6.23. The molecule has 0 heterocycles. The van der Waals surface area contributed by atoms with E-state index in [2.05, 4.69) is 13.8 Å². The van der Waals surface area contributed by atoms with Crippen molar-refractivity contribution in [1.82, 2.24) is 0 Å². The van der Waals surface area contributed by atoms with Crippen LogP contribution in [0.2, 0.25) is 0 Å². The molecule has 3 unspecified atom stereocenters. The Kier molecular flexibility index (Phi) is 33.7. The monoisotopic (exact) mass is 656 g/mol. The summed E-state index contributed by atoms with van der Waals surface area (Å²) in [7, 11) is 1.67. The van der Waals surface area contributed by atoms with Crippen molar-refractivity contribution < 1.29 is 24.5 Å². The smallest absolute Gasteiger partial charge is 0.224 e. The lowest BCUT2D eigenvalue weighted by Crippen LogP contribution is -2.46. The number of hydrogen-bond donors (Lipinski definition) is 3. The van der Waals surface area contributed by atoms with Crippen LogP contribution in [0.3, 0.4) is 0 Å². The lowest BCUT2D eigenvalue weighted by Gasteiger charge is -2.40. The largest absolute Gasteiger partial charge is 0.394 e. The first kappa shape index (κ1) is 45.3. The van der Waals surface area contributed by atoms with Crippen LogP contribution >= 0.6 is 0 Å². The van der Waals surface area contributed by atoms with E-state index in [1.807, 2.05) is 0 Å². The van der Waals surface area contributed by atoms with Crippen LogP contribution in [0.5, 0.6) is 0 Å². The van der Waals surface area contributed by atoms with Crippen molar-refractivity contribution in [1.29, 1.82) is 0 Å². The highest BCUT2D eigenvalue weighted by Crippen LogP contribution is 2.43. The number of methoxy groups -OCH3 is 1. The average Bonchev–Trinajstić information content (AvgIpc) is 3.05. The fourth-order valence-electron chi connectivity index (χ4n) is 7.25. The van der Waals surface area contributed by atoms with Gasteiger partial charge in [0.05, 0.1) is 18.1 Å². The van der Waals surface area contributed by atoms with Crippen LogP contribution in [0.1, 0.15) is 200 Å². The van der Waals surface area contributed by atoms with Gasteiger partial charge in [-0.2, -0.15) is 0 Å². The summed E-state index contributed by atoms with van der Waals surface area (Å²) in [5.41, 5.74) is 5.30. The predicted molar refractivity (Wildman–Crippen MR) is 196 cm³/mol. The maximum absolute atomic E-state index is 13.1. The van der Waals surface area contributed by atoms with Gasteiger partial charge in [0.15, 0.2) is 0 Å². The Bertz CT molecular complexity index is 633. The third-order valence-electron chi connectivity index (χ3n) is 10.2. The number of aliphatic hydroxyl groups is 2. The lowest BCUT2D eigenvalue weighted by atomic mass is 9.64. The molecule has 0 spiro atoms. The summed E-state index contributed by atoms with van der Waals surface area (Å²) in [5.74, 6) is -0.280. The molecule has 46 heavy (non-hydrogen) atoms. The summed E-state index contributed by atoms with van der Waals surface area (Å²) in [5, 5.41) is 20.2. The van der Waals surface area contributed by atoms with Gasteiger partial charge in [0, 0.05) is 26.9 Å². The maximum Gasteiger partial charge on any atom is 0.224 e. The van der Waals surface area contributed by atoms with E-state index in [4.69, 9.17) is 15.2 Å². The Morgan fingerprint density at radius 3 is 1.46 bits per heavy atom. The molecule has 0 aliphatic heterocycles. The van der Waals surface area contributed by atoms with Crippen molar-refractivity contribution in [3.05, 3.63) is 0 Å². The van der Waals surface area contributed by atoms with Crippen molar-refractivity contribution in [3.8, 4) is 0 Å². The Labute approximate surface area is 286 Å². The van der Waals surface area contributed by atoms with Crippen molar-refractivity contribution in [3.63, 3.8) is 0 Å². The van der Waals surface area contributed by atoms with Gasteiger partial charge in [-0.3, -0.25) is 4.79 Å². The van der Waals surface area contributed by atoms with Crippen LogP contribution in [-0.4, -0.2) is 55.8 Å². The number of primary amides is 1. The zero-order valence-electron chi connectivity index (χ0n) is 31.2. The molecule has 0 aromatic heterocycles. The van der Waals surface area contributed by atoms with Crippen LogP contribution in [0.15, 0.2) is 0 Å². The highest BCUT2D eigenvalue weighted by atomic mass is 16.5. The van der Waals surface area contributed by atoms with E-state index in [-0.39, 0.29) is 24.9 Å². The predicted octanol–water partition coefficient (Wildman–Crippen LogP) is 10.4. The standard InChI is InChI=1S/C40H81NO5/c1-4-6-8-10-12-14-15-16-17-18-20-22-24-26-33-46-34-27-30-37(29-25-23-21-19-13-11-9-7-5-2)40(39(41)44,31-28-32-45-3)35-38(43)36-42/h37-38,42-43H,4-36H2,1-3H3,(H2,41,44). The fourth-order valence-corrected chi connectivity index (χ4v) is 7.25. The summed E-state index contributed by atoms with van der Waals surface area (Å²) in [4.78, 5) is 13.1. The molecule has 0 aromatic carbocycles. The molecular formula is C40H81NO5. The van der Waals surface area contributed by atoms with Gasteiger partial charge in [-0.15, -0.1) is 0 Å². The molecule has 6 heteroatoms. The van der Waals surface area contributed by atoms with E-state index in [1.54, 1.807) is 7.11 Å². The van der Waals surface area contributed by atoms with Gasteiger partial charge >= 0.3 is 0 Å². The Morgan fingerprint density at radius 2 is 1.02 bits per heavy atom. The second kappa shape index (κ2) is 34.2. The molecular weight excluding hydrogens is 574 g/mol. The molecule has 0 aromatic rings. The highest BCUT2D eigenvalue weighted by Gasteiger charge is 2.44. The molecule has 0 radical (unpaired) electrons. The summed E-state index contributed by atoms with van der Waals surface area (Å²) < 4.78 is 11.3. The van der Waals surface area contributed by atoms with E-state index in [9.17, 15) is 15.0 Å². The zero-order valence-corrected chi connectivity index (χ0v) is 31.2. The van der Waals surface area contributed by atoms with E-state index in [1.165, 1.54) is 128 Å². The molecule has 0 fully saturated rings. The van der Waals surface area contributed by atoms with Gasteiger partial charge in [-0.05, 0) is 50.9 Å². The van der Waals surface area contributed by atoms with E-state index < -0.39 is 11.5 Å². The molecule has 0 rings (SSSR count). The van der Waals surface area contributed by atoms with Crippen LogP contribution < -0.4 is 5.73 Å². The molecule has 4 N–H and O–H groups in total. The second-order valence-corrected chi connectivity index (χ2v) is 14.3. The maximum atomic E-state index is 13.1. The van der Waals surface area contributed by atoms with Gasteiger partial charge < -0.3 is 25.4 Å². The topological polar surface area (TPSA) is 102 Å². The second-order valence-electron chi connectivity index (χ2n) is 14.3. The van der Waals surface area contributed by atoms with Crippen molar-refractivity contribution in [2.45, 2.75) is 206 Å². The molecule has 3 atom stereocenters. The van der Waals surface area contributed by atoms with Gasteiger partial charge in [0.2, 0.25) is 5.91 Å². The van der Waals surface area contributed by atoms with Crippen LogP contribution in [0.4, 0.5) is 0 Å². The quantitative estimate of drug-likeness (QED) is 0.0575. The first-order valence-corrected chi connectivity index (χ1v) is 20.1. The van der Waals surface area contributed by atoms with E-state index in [0.29, 0.717) is 26.1 Å². The third-order valence-corrected chi connectivity index (χ3v) is 10.2. The molecule has 1 amide bonds. The minimum Gasteiger partial charge on any atom is -0.394 e. The van der Waals surface area contributed by atoms with Gasteiger partial charge in [0.1, 0.15) is 0 Å². The highest BCUT2D eigenvalue weighted by molar-refractivity contribution is 5.81. The number of carbonyl (C=O) groups is 1. The minimum atomic E-state index is -0.947. The Balaban J connectivity index is 4.54. The molecule has 0 saturated heterocycles. The molecule has 0 aliphatic rings. The zero-order chi connectivity index (χ0) is 34.0. The summed E-state index contributed by atoms with van der Waals surface area (Å²) in [6.07, 6.45) is 33.5. The SMILES string of the molecule is CCCCCCCCCCCCCCCCOCCCC(CCCCCCCCCCC)C(CCCOC)(CC(O)CO)C(N)=O. The fraction of sp³-hybridized carbons (Fsp3) is 0.975. The van der Waals surface area contributed by atoms with Crippen molar-refractivity contribution in [2.24, 2.45) is 17.1 Å². The van der Waals surface area contributed by atoms with Gasteiger partial charge in [0.25, 0.3) is 0 Å². The van der Waals surface area contributed by atoms with Crippen LogP contribution in [0, 0.1) is 11.3 Å². The number of carbonyl (C=O) groups excluding carboxylic acids is 1. The van der Waals surface area contributed by atoms with E-state index in [0.717, 1.165) is 45.1 Å².